The Morgan fingerprint density at radius 1 is 1.16 bits per heavy atom. The Morgan fingerprint density at radius 2 is 1.76 bits per heavy atom. The molecular weight excluding hydrogens is 342 g/mol. The van der Waals surface area contributed by atoms with Gasteiger partial charge in [-0.25, -0.2) is 4.79 Å². The number of fused-ring (bicyclic) bond motifs is 2. The van der Waals surface area contributed by atoms with E-state index in [1.807, 2.05) is 11.8 Å². The molecule has 0 N–H and O–H groups in total. The highest BCUT2D eigenvalue weighted by Gasteiger charge is 2.44. The van der Waals surface area contributed by atoms with Gasteiger partial charge in [-0.15, -0.1) is 0 Å². The van der Waals surface area contributed by atoms with Gasteiger partial charge in [0, 0.05) is 12.1 Å². The van der Waals surface area contributed by atoms with E-state index in [1.54, 1.807) is 31.2 Å². The minimum Gasteiger partial charge on any atom is -0.450 e. The van der Waals surface area contributed by atoms with E-state index in [9.17, 15) is 13.2 Å². The quantitative estimate of drug-likeness (QED) is 0.748. The highest BCUT2D eigenvalue weighted by Crippen LogP contribution is 2.39. The summed E-state index contributed by atoms with van der Waals surface area (Å²) in [5, 5.41) is 0. The van der Waals surface area contributed by atoms with Gasteiger partial charge in [0.15, 0.2) is 0 Å². The summed E-state index contributed by atoms with van der Waals surface area (Å²) in [4.78, 5) is 14.1. The number of hydrogen-bond acceptors (Lipinski definition) is 5. The molecule has 0 saturated carbocycles. The van der Waals surface area contributed by atoms with Gasteiger partial charge in [-0.2, -0.15) is 8.42 Å². The molecule has 0 aromatic heterocycles. The van der Waals surface area contributed by atoms with Crippen LogP contribution in [0.5, 0.6) is 0 Å². The van der Waals surface area contributed by atoms with Gasteiger partial charge in [-0.1, -0.05) is 17.7 Å². The summed E-state index contributed by atoms with van der Waals surface area (Å²) < 4.78 is 35.1. The number of carbonyl (C=O) groups excluding carboxylic acids is 1. The zero-order valence-corrected chi connectivity index (χ0v) is 15.5. The van der Waals surface area contributed by atoms with Crippen molar-refractivity contribution in [1.82, 2.24) is 4.90 Å². The van der Waals surface area contributed by atoms with Crippen LogP contribution >= 0.6 is 0 Å². The maximum atomic E-state index is 12.3. The summed E-state index contributed by atoms with van der Waals surface area (Å²) >= 11 is 0. The molecule has 0 aliphatic carbocycles. The fraction of sp³-hybridized carbons (Fsp3) is 0.611. The van der Waals surface area contributed by atoms with E-state index in [0.29, 0.717) is 6.61 Å². The lowest BCUT2D eigenvalue weighted by atomic mass is 9.92. The fourth-order valence-corrected chi connectivity index (χ4v) is 4.86. The number of benzene rings is 1. The smallest absolute Gasteiger partial charge is 0.410 e. The molecule has 2 bridgehead atoms. The summed E-state index contributed by atoms with van der Waals surface area (Å²) in [6.45, 7) is 4.25. The standard InChI is InChI=1S/C18H25NO5S/c1-3-23-18(20)19-15-6-7-16(19)11-14(10-15)12-24-25(21,22)17-8-4-13(2)5-9-17/h4-5,8-9,14-16H,3,6-7,10-12H2,1-2H3. The van der Waals surface area contributed by atoms with E-state index in [-0.39, 0.29) is 35.6 Å². The average molecular weight is 367 g/mol. The molecule has 2 heterocycles. The minimum atomic E-state index is -3.73. The van der Waals surface area contributed by atoms with Gasteiger partial charge in [0.1, 0.15) is 0 Å². The second kappa shape index (κ2) is 7.33. The Balaban J connectivity index is 1.59. The lowest BCUT2D eigenvalue weighted by Gasteiger charge is -2.37. The van der Waals surface area contributed by atoms with Crippen molar-refractivity contribution in [3.05, 3.63) is 29.8 Å². The van der Waals surface area contributed by atoms with E-state index in [0.717, 1.165) is 31.2 Å². The van der Waals surface area contributed by atoms with Crippen molar-refractivity contribution in [2.45, 2.75) is 56.5 Å². The van der Waals surface area contributed by atoms with Gasteiger partial charge < -0.3 is 9.64 Å². The van der Waals surface area contributed by atoms with Gasteiger partial charge in [0.25, 0.3) is 10.1 Å². The predicted octanol–water partition coefficient (Wildman–Crippen LogP) is 3.10. The molecule has 1 amide bonds. The molecule has 2 aliphatic rings. The molecule has 1 aromatic rings. The first-order chi connectivity index (χ1) is 11.9. The van der Waals surface area contributed by atoms with Gasteiger partial charge in [0.05, 0.1) is 18.1 Å². The summed E-state index contributed by atoms with van der Waals surface area (Å²) in [6, 6.07) is 6.92. The van der Waals surface area contributed by atoms with Crippen LogP contribution in [-0.4, -0.2) is 44.7 Å². The van der Waals surface area contributed by atoms with E-state index in [4.69, 9.17) is 8.92 Å². The maximum absolute atomic E-state index is 12.3. The first-order valence-corrected chi connectivity index (χ1v) is 10.2. The van der Waals surface area contributed by atoms with Crippen molar-refractivity contribution in [3.8, 4) is 0 Å². The summed E-state index contributed by atoms with van der Waals surface area (Å²) in [5.41, 5.74) is 1.00. The molecule has 6 nitrogen and oxygen atoms in total. The fourth-order valence-electron chi connectivity index (χ4n) is 3.88. The van der Waals surface area contributed by atoms with Gasteiger partial charge in [-0.05, 0) is 57.6 Å². The number of aryl methyl sites for hydroxylation is 1. The van der Waals surface area contributed by atoms with Gasteiger partial charge in [-0.3, -0.25) is 4.18 Å². The van der Waals surface area contributed by atoms with Crippen LogP contribution in [0, 0.1) is 12.8 Å². The molecule has 25 heavy (non-hydrogen) atoms. The Hall–Kier alpha value is -1.60. The number of piperidine rings is 1. The van der Waals surface area contributed by atoms with E-state index in [1.165, 1.54) is 0 Å². The number of hydrogen-bond donors (Lipinski definition) is 0. The van der Waals surface area contributed by atoms with E-state index in [2.05, 4.69) is 0 Å². The Labute approximate surface area is 149 Å². The molecule has 2 unspecified atom stereocenters. The maximum Gasteiger partial charge on any atom is 0.410 e. The first-order valence-electron chi connectivity index (χ1n) is 8.82. The molecule has 0 radical (unpaired) electrons. The van der Waals surface area contributed by atoms with Crippen LogP contribution in [0.4, 0.5) is 4.79 Å². The third-order valence-electron chi connectivity index (χ3n) is 5.08. The minimum absolute atomic E-state index is 0.133. The molecular formula is C18H25NO5S. The van der Waals surface area contributed by atoms with Crippen LogP contribution in [-0.2, 0) is 19.0 Å². The summed E-state index contributed by atoms with van der Waals surface area (Å²) in [7, 11) is -3.73. The number of nitrogens with zero attached hydrogens (tertiary/aromatic N) is 1. The molecule has 2 atom stereocenters. The molecule has 7 heteroatoms. The number of rotatable bonds is 5. The van der Waals surface area contributed by atoms with E-state index < -0.39 is 10.1 Å². The molecule has 1 aromatic carbocycles. The average Bonchev–Trinajstić information content (AvgIpc) is 2.84. The highest BCUT2D eigenvalue weighted by atomic mass is 32.2. The van der Waals surface area contributed by atoms with E-state index >= 15 is 0 Å². The second-order valence-electron chi connectivity index (χ2n) is 6.88. The molecule has 2 fully saturated rings. The number of ether oxygens (including phenoxy) is 1. The van der Waals surface area contributed by atoms with Crippen molar-refractivity contribution in [2.24, 2.45) is 5.92 Å². The SMILES string of the molecule is CCOC(=O)N1C2CCC1CC(COS(=O)(=O)c1ccc(C)cc1)C2. The van der Waals surface area contributed by atoms with Crippen molar-refractivity contribution < 1.29 is 22.1 Å². The Morgan fingerprint density at radius 3 is 2.32 bits per heavy atom. The molecule has 2 saturated heterocycles. The largest absolute Gasteiger partial charge is 0.450 e. The van der Waals surface area contributed by atoms with Crippen molar-refractivity contribution >= 4 is 16.2 Å². The highest BCUT2D eigenvalue weighted by molar-refractivity contribution is 7.86. The Bertz CT molecular complexity index is 701. The molecule has 0 spiro atoms. The van der Waals surface area contributed by atoms with Crippen LogP contribution in [0.1, 0.15) is 38.2 Å². The normalized spacial score (nSPS) is 25.8. The van der Waals surface area contributed by atoms with Crippen LogP contribution in [0.2, 0.25) is 0 Å². The predicted molar refractivity (Wildman–Crippen MR) is 92.7 cm³/mol. The van der Waals surface area contributed by atoms with Crippen LogP contribution < -0.4 is 0 Å². The molecule has 2 aliphatic heterocycles. The molecule has 3 rings (SSSR count). The lowest BCUT2D eigenvalue weighted by molar-refractivity contribution is 0.0519. The van der Waals surface area contributed by atoms with Crippen molar-refractivity contribution in [1.29, 1.82) is 0 Å². The number of carbonyl (C=O) groups is 1. The third-order valence-corrected chi connectivity index (χ3v) is 6.37. The second-order valence-corrected chi connectivity index (χ2v) is 8.50. The molecule has 138 valence electrons. The summed E-state index contributed by atoms with van der Waals surface area (Å²) in [5.74, 6) is 0.142. The zero-order chi connectivity index (χ0) is 18.0. The lowest BCUT2D eigenvalue weighted by Crippen LogP contribution is -2.47. The van der Waals surface area contributed by atoms with Gasteiger partial charge >= 0.3 is 6.09 Å². The van der Waals surface area contributed by atoms with Crippen LogP contribution in [0.3, 0.4) is 0 Å². The van der Waals surface area contributed by atoms with Gasteiger partial charge in [0.2, 0.25) is 0 Å². The zero-order valence-electron chi connectivity index (χ0n) is 14.7. The number of amides is 1. The summed E-state index contributed by atoms with van der Waals surface area (Å²) in [6.07, 6.45) is 3.17. The topological polar surface area (TPSA) is 72.9 Å². The third kappa shape index (κ3) is 3.98. The van der Waals surface area contributed by atoms with Crippen molar-refractivity contribution in [3.63, 3.8) is 0 Å². The van der Waals surface area contributed by atoms with Crippen LogP contribution in [0.15, 0.2) is 29.2 Å². The van der Waals surface area contributed by atoms with Crippen LogP contribution in [0.25, 0.3) is 0 Å². The monoisotopic (exact) mass is 367 g/mol. The first kappa shape index (κ1) is 18.2. The van der Waals surface area contributed by atoms with Crippen molar-refractivity contribution in [2.75, 3.05) is 13.2 Å². The Kier molecular flexibility index (Phi) is 5.34.